The SMILES string of the molecule is CN(CCc1ccccc1)c1cc(C(=O)N2CCC[C@H]2CN2CCCC2)c2cc(-c3ccc(C#N)cc3)ccc2n1. The molecule has 6 rings (SSSR count). The minimum absolute atomic E-state index is 0.105. The number of hydrogen-bond acceptors (Lipinski definition) is 5. The molecule has 0 saturated carbocycles. The smallest absolute Gasteiger partial charge is 0.254 e. The van der Waals surface area contributed by atoms with Gasteiger partial charge in [-0.3, -0.25) is 4.79 Å². The first-order valence-electron chi connectivity index (χ1n) is 14.8. The Morgan fingerprint density at radius 1 is 0.951 bits per heavy atom. The molecule has 41 heavy (non-hydrogen) atoms. The van der Waals surface area contributed by atoms with Gasteiger partial charge in [-0.05, 0) is 92.2 Å². The molecule has 208 valence electrons. The molecule has 0 spiro atoms. The zero-order chi connectivity index (χ0) is 28.2. The number of hydrogen-bond donors (Lipinski definition) is 0. The number of nitrogens with zero attached hydrogens (tertiary/aromatic N) is 5. The van der Waals surface area contributed by atoms with Crippen LogP contribution >= 0.6 is 0 Å². The Kier molecular flexibility index (Phi) is 7.98. The van der Waals surface area contributed by atoms with Crippen molar-refractivity contribution in [2.45, 2.75) is 38.1 Å². The van der Waals surface area contributed by atoms with Gasteiger partial charge in [-0.1, -0.05) is 48.5 Å². The molecule has 0 aliphatic carbocycles. The lowest BCUT2D eigenvalue weighted by atomic mass is 9.99. The largest absolute Gasteiger partial charge is 0.359 e. The molecule has 6 heteroatoms. The monoisotopic (exact) mass is 543 g/mol. The predicted octanol–water partition coefficient (Wildman–Crippen LogP) is 6.15. The molecule has 2 aliphatic rings. The summed E-state index contributed by atoms with van der Waals surface area (Å²) in [6.45, 7) is 4.85. The lowest BCUT2D eigenvalue weighted by Crippen LogP contribution is -2.42. The van der Waals surface area contributed by atoms with Crippen LogP contribution in [0.25, 0.3) is 22.0 Å². The first-order chi connectivity index (χ1) is 20.1. The molecule has 0 radical (unpaired) electrons. The molecule has 1 atom stereocenters. The van der Waals surface area contributed by atoms with Crippen LogP contribution in [0.1, 0.15) is 47.2 Å². The summed E-state index contributed by atoms with van der Waals surface area (Å²) in [6.07, 6.45) is 5.53. The van der Waals surface area contributed by atoms with Crippen molar-refractivity contribution in [3.05, 3.63) is 95.6 Å². The van der Waals surface area contributed by atoms with E-state index in [0.29, 0.717) is 5.56 Å². The molecule has 6 nitrogen and oxygen atoms in total. The number of anilines is 1. The highest BCUT2D eigenvalue weighted by atomic mass is 16.2. The van der Waals surface area contributed by atoms with Crippen molar-refractivity contribution in [1.29, 1.82) is 5.26 Å². The third-order valence-corrected chi connectivity index (χ3v) is 8.65. The Morgan fingerprint density at radius 2 is 1.71 bits per heavy atom. The summed E-state index contributed by atoms with van der Waals surface area (Å²) in [4.78, 5) is 26.2. The minimum atomic E-state index is 0.105. The molecule has 4 aromatic rings. The molecule has 0 unspecified atom stereocenters. The summed E-state index contributed by atoms with van der Waals surface area (Å²) >= 11 is 0. The zero-order valence-electron chi connectivity index (χ0n) is 23.8. The van der Waals surface area contributed by atoms with Crippen LogP contribution in [0.3, 0.4) is 0 Å². The first-order valence-corrected chi connectivity index (χ1v) is 14.8. The summed E-state index contributed by atoms with van der Waals surface area (Å²) in [6, 6.07) is 28.7. The summed E-state index contributed by atoms with van der Waals surface area (Å²) in [7, 11) is 2.06. The topological polar surface area (TPSA) is 63.5 Å². The molecule has 0 N–H and O–H groups in total. The third kappa shape index (κ3) is 5.96. The van der Waals surface area contributed by atoms with Crippen molar-refractivity contribution in [2.24, 2.45) is 0 Å². The minimum Gasteiger partial charge on any atom is -0.359 e. The van der Waals surface area contributed by atoms with E-state index < -0.39 is 0 Å². The fourth-order valence-corrected chi connectivity index (χ4v) is 6.27. The molecule has 2 fully saturated rings. The van der Waals surface area contributed by atoms with Crippen LogP contribution in [0.5, 0.6) is 0 Å². The number of fused-ring (bicyclic) bond motifs is 1. The van der Waals surface area contributed by atoms with Gasteiger partial charge in [-0.2, -0.15) is 5.26 Å². The second-order valence-electron chi connectivity index (χ2n) is 11.4. The Hall–Kier alpha value is -4.21. The Balaban J connectivity index is 1.36. The highest BCUT2D eigenvalue weighted by Crippen LogP contribution is 2.31. The first kappa shape index (κ1) is 27.0. The van der Waals surface area contributed by atoms with Crippen LogP contribution in [0.15, 0.2) is 78.9 Å². The number of aromatic nitrogens is 1. The van der Waals surface area contributed by atoms with Gasteiger partial charge in [0.25, 0.3) is 5.91 Å². The van der Waals surface area contributed by atoms with Gasteiger partial charge < -0.3 is 14.7 Å². The predicted molar refractivity (Wildman–Crippen MR) is 165 cm³/mol. The van der Waals surface area contributed by atoms with Gasteiger partial charge in [-0.15, -0.1) is 0 Å². The molecule has 1 amide bonds. The van der Waals surface area contributed by atoms with Crippen molar-refractivity contribution in [3.8, 4) is 17.2 Å². The van der Waals surface area contributed by atoms with Crippen molar-refractivity contribution in [2.75, 3.05) is 44.7 Å². The van der Waals surface area contributed by atoms with Gasteiger partial charge >= 0.3 is 0 Å². The van der Waals surface area contributed by atoms with Crippen molar-refractivity contribution < 1.29 is 4.79 Å². The van der Waals surface area contributed by atoms with Gasteiger partial charge in [-0.25, -0.2) is 4.98 Å². The number of carbonyl (C=O) groups is 1. The third-order valence-electron chi connectivity index (χ3n) is 8.65. The lowest BCUT2D eigenvalue weighted by molar-refractivity contribution is 0.0710. The number of carbonyl (C=O) groups excluding carboxylic acids is 1. The second-order valence-corrected chi connectivity index (χ2v) is 11.4. The fourth-order valence-electron chi connectivity index (χ4n) is 6.27. The van der Waals surface area contributed by atoms with Gasteiger partial charge in [0.05, 0.1) is 22.7 Å². The molecule has 2 saturated heterocycles. The number of likely N-dealkylation sites (N-methyl/N-ethyl adjacent to an activating group) is 1. The highest BCUT2D eigenvalue weighted by molar-refractivity contribution is 6.08. The average molecular weight is 544 g/mol. The molecular formula is C35H37N5O. The van der Waals surface area contributed by atoms with E-state index in [2.05, 4.69) is 64.2 Å². The summed E-state index contributed by atoms with van der Waals surface area (Å²) in [5.41, 5.74) is 5.49. The Morgan fingerprint density at radius 3 is 2.46 bits per heavy atom. The van der Waals surface area contributed by atoms with Crippen molar-refractivity contribution >= 4 is 22.6 Å². The van der Waals surface area contributed by atoms with Gasteiger partial charge in [0.1, 0.15) is 5.82 Å². The number of likely N-dealkylation sites (tertiary alicyclic amines) is 2. The highest BCUT2D eigenvalue weighted by Gasteiger charge is 2.32. The number of nitriles is 1. The van der Waals surface area contributed by atoms with Crippen molar-refractivity contribution in [1.82, 2.24) is 14.8 Å². The molecule has 3 aromatic carbocycles. The quantitative estimate of drug-likeness (QED) is 0.267. The van der Waals surface area contributed by atoms with Crippen LogP contribution in [-0.2, 0) is 6.42 Å². The number of pyridine rings is 1. The number of benzene rings is 3. The van der Waals surface area contributed by atoms with E-state index in [1.165, 1.54) is 18.4 Å². The summed E-state index contributed by atoms with van der Waals surface area (Å²) < 4.78 is 0. The maximum absolute atomic E-state index is 14.4. The molecule has 0 bridgehead atoms. The van der Waals surface area contributed by atoms with Gasteiger partial charge in [0, 0.05) is 38.1 Å². The van der Waals surface area contributed by atoms with Crippen LogP contribution < -0.4 is 4.90 Å². The number of rotatable bonds is 8. The van der Waals surface area contributed by atoms with Crippen molar-refractivity contribution in [3.63, 3.8) is 0 Å². The number of amides is 1. The van der Waals surface area contributed by atoms with Crippen LogP contribution in [0, 0.1) is 11.3 Å². The van der Waals surface area contributed by atoms with Gasteiger partial charge in [0.15, 0.2) is 0 Å². The standard InChI is InChI=1S/C35H37N5O/c1-38(21-17-26-8-3-2-4-9-26)34-23-32(35(41)40-20-7-10-30(40)25-39-18-5-6-19-39)31-22-29(15-16-33(31)37-34)28-13-11-27(24-36)12-14-28/h2-4,8-9,11-16,22-23,30H,5-7,10,17-21,25H2,1H3/t30-/m0/s1. The van der Waals surface area contributed by atoms with Crippen LogP contribution in [0.2, 0.25) is 0 Å². The summed E-state index contributed by atoms with van der Waals surface area (Å²) in [5.74, 6) is 0.923. The lowest BCUT2D eigenvalue weighted by Gasteiger charge is -2.29. The van der Waals surface area contributed by atoms with E-state index in [9.17, 15) is 10.1 Å². The Labute approximate surface area is 242 Å². The zero-order valence-corrected chi connectivity index (χ0v) is 23.8. The molecule has 1 aromatic heterocycles. The molecule has 3 heterocycles. The maximum Gasteiger partial charge on any atom is 0.254 e. The van der Waals surface area contributed by atoms with E-state index in [4.69, 9.17) is 4.98 Å². The van der Waals surface area contributed by atoms with Crippen LogP contribution in [-0.4, -0.2) is 66.5 Å². The van der Waals surface area contributed by atoms with Crippen LogP contribution in [0.4, 0.5) is 5.82 Å². The van der Waals surface area contributed by atoms with E-state index in [1.54, 1.807) is 0 Å². The summed E-state index contributed by atoms with van der Waals surface area (Å²) in [5, 5.41) is 10.1. The average Bonchev–Trinajstić information content (AvgIpc) is 3.72. The van der Waals surface area contributed by atoms with E-state index in [0.717, 1.165) is 85.4 Å². The van der Waals surface area contributed by atoms with E-state index in [-0.39, 0.29) is 11.9 Å². The van der Waals surface area contributed by atoms with Gasteiger partial charge in [0.2, 0.25) is 0 Å². The molecule has 2 aliphatic heterocycles. The van der Waals surface area contributed by atoms with E-state index in [1.807, 2.05) is 42.5 Å². The second kappa shape index (κ2) is 12.1. The maximum atomic E-state index is 14.4. The molecular weight excluding hydrogens is 506 g/mol. The Bertz CT molecular complexity index is 1550. The fraction of sp³-hybridized carbons (Fsp3) is 0.343. The van der Waals surface area contributed by atoms with E-state index >= 15 is 0 Å². The normalized spacial score (nSPS) is 17.2.